The largest absolute Gasteiger partial charge is 0.481 e. The van der Waals surface area contributed by atoms with E-state index < -0.39 is 5.97 Å². The van der Waals surface area contributed by atoms with Gasteiger partial charge in [-0.15, -0.1) is 0 Å². The van der Waals surface area contributed by atoms with E-state index in [2.05, 4.69) is 4.98 Å². The first kappa shape index (κ1) is 8.62. The first-order valence-corrected chi connectivity index (χ1v) is 4.24. The van der Waals surface area contributed by atoms with Crippen LogP contribution in [0.15, 0.2) is 24.4 Å². The Kier molecular flexibility index (Phi) is 1.89. The fraction of sp³-hybridized carbons (Fsp3) is 0.100. The van der Waals surface area contributed by atoms with Crippen LogP contribution >= 0.6 is 0 Å². The number of benzene rings is 1. The molecule has 4 heteroatoms. The summed E-state index contributed by atoms with van der Waals surface area (Å²) < 4.78 is 0. The number of anilines is 1. The van der Waals surface area contributed by atoms with Crippen molar-refractivity contribution in [1.29, 1.82) is 0 Å². The molecule has 0 fully saturated rings. The molecule has 0 aliphatic carbocycles. The maximum Gasteiger partial charge on any atom is 0.307 e. The summed E-state index contributed by atoms with van der Waals surface area (Å²) in [5.41, 5.74) is 7.94. The standard InChI is InChI=1S/C10H10N2O2/c11-7-1-2-9-8(4-7)6(5-12-9)3-10(13)14/h1-2,4-5,12H,3,11H2,(H,13,14). The van der Waals surface area contributed by atoms with E-state index in [0.717, 1.165) is 16.5 Å². The van der Waals surface area contributed by atoms with Gasteiger partial charge in [-0.3, -0.25) is 4.79 Å². The number of fused-ring (bicyclic) bond motifs is 1. The van der Waals surface area contributed by atoms with Gasteiger partial charge in [0.2, 0.25) is 0 Å². The van der Waals surface area contributed by atoms with Crippen molar-refractivity contribution in [2.45, 2.75) is 6.42 Å². The minimum absolute atomic E-state index is 0.0173. The Balaban J connectivity index is 2.55. The number of aromatic nitrogens is 1. The Morgan fingerprint density at radius 3 is 3.00 bits per heavy atom. The highest BCUT2D eigenvalue weighted by molar-refractivity contribution is 5.89. The van der Waals surface area contributed by atoms with Gasteiger partial charge in [-0.1, -0.05) is 0 Å². The molecular formula is C10H10N2O2. The Hall–Kier alpha value is -1.97. The highest BCUT2D eigenvalue weighted by Gasteiger charge is 2.07. The van der Waals surface area contributed by atoms with Gasteiger partial charge in [0, 0.05) is 22.8 Å². The van der Waals surface area contributed by atoms with Gasteiger partial charge >= 0.3 is 5.97 Å². The van der Waals surface area contributed by atoms with Crippen LogP contribution in [0.1, 0.15) is 5.56 Å². The van der Waals surface area contributed by atoms with Crippen LogP contribution in [-0.2, 0) is 11.2 Å². The van der Waals surface area contributed by atoms with E-state index in [9.17, 15) is 4.79 Å². The summed E-state index contributed by atoms with van der Waals surface area (Å²) in [5, 5.41) is 9.55. The van der Waals surface area contributed by atoms with Crippen molar-refractivity contribution in [2.24, 2.45) is 0 Å². The summed E-state index contributed by atoms with van der Waals surface area (Å²) in [6.07, 6.45) is 1.72. The SMILES string of the molecule is Nc1ccc2[nH]cc(CC(=O)O)c2c1. The number of hydrogen-bond acceptors (Lipinski definition) is 2. The predicted molar refractivity (Wildman–Crippen MR) is 54.1 cm³/mol. The number of H-pyrrole nitrogens is 1. The third kappa shape index (κ3) is 1.42. The maximum atomic E-state index is 10.6. The molecule has 0 spiro atoms. The van der Waals surface area contributed by atoms with Crippen molar-refractivity contribution in [1.82, 2.24) is 4.98 Å². The zero-order valence-corrected chi connectivity index (χ0v) is 7.45. The van der Waals surface area contributed by atoms with E-state index in [4.69, 9.17) is 10.8 Å². The van der Waals surface area contributed by atoms with Gasteiger partial charge in [0.25, 0.3) is 0 Å². The highest BCUT2D eigenvalue weighted by Crippen LogP contribution is 2.21. The molecular weight excluding hydrogens is 180 g/mol. The van der Waals surface area contributed by atoms with Gasteiger partial charge < -0.3 is 15.8 Å². The molecule has 0 radical (unpaired) electrons. The van der Waals surface area contributed by atoms with Gasteiger partial charge in [-0.05, 0) is 23.8 Å². The van der Waals surface area contributed by atoms with Crippen LogP contribution in [0.25, 0.3) is 10.9 Å². The monoisotopic (exact) mass is 190 g/mol. The minimum Gasteiger partial charge on any atom is -0.481 e. The quantitative estimate of drug-likeness (QED) is 0.626. The molecule has 4 N–H and O–H groups in total. The molecule has 0 saturated heterocycles. The van der Waals surface area contributed by atoms with E-state index in [1.807, 2.05) is 6.07 Å². The van der Waals surface area contributed by atoms with Crippen LogP contribution in [0.5, 0.6) is 0 Å². The average molecular weight is 190 g/mol. The van der Waals surface area contributed by atoms with E-state index in [-0.39, 0.29) is 6.42 Å². The van der Waals surface area contributed by atoms with E-state index >= 15 is 0 Å². The van der Waals surface area contributed by atoms with Crippen molar-refractivity contribution in [3.05, 3.63) is 30.0 Å². The number of carboxylic acids is 1. The molecule has 1 aromatic carbocycles. The van der Waals surface area contributed by atoms with E-state index in [1.54, 1.807) is 18.3 Å². The fourth-order valence-electron chi connectivity index (χ4n) is 1.51. The van der Waals surface area contributed by atoms with Crippen molar-refractivity contribution in [3.63, 3.8) is 0 Å². The number of hydrogen-bond donors (Lipinski definition) is 3. The Morgan fingerprint density at radius 2 is 2.29 bits per heavy atom. The summed E-state index contributed by atoms with van der Waals surface area (Å²) in [6.45, 7) is 0. The number of nitrogens with one attached hydrogen (secondary N) is 1. The number of aliphatic carboxylic acids is 1. The second-order valence-electron chi connectivity index (χ2n) is 3.19. The molecule has 0 saturated carbocycles. The van der Waals surface area contributed by atoms with Crippen LogP contribution in [0.3, 0.4) is 0 Å². The van der Waals surface area contributed by atoms with Gasteiger partial charge in [0.05, 0.1) is 6.42 Å². The predicted octanol–water partition coefficient (Wildman–Crippen LogP) is 1.38. The van der Waals surface area contributed by atoms with Gasteiger partial charge in [-0.25, -0.2) is 0 Å². The fourth-order valence-corrected chi connectivity index (χ4v) is 1.51. The normalized spacial score (nSPS) is 10.6. The lowest BCUT2D eigenvalue weighted by atomic mass is 10.1. The van der Waals surface area contributed by atoms with Gasteiger partial charge in [0.15, 0.2) is 0 Å². The Bertz CT molecular complexity index is 488. The van der Waals surface area contributed by atoms with Crippen molar-refractivity contribution in [3.8, 4) is 0 Å². The molecule has 0 unspecified atom stereocenters. The molecule has 0 atom stereocenters. The number of nitrogen functional groups attached to an aromatic ring is 1. The lowest BCUT2D eigenvalue weighted by Crippen LogP contribution is -1.98. The third-order valence-electron chi connectivity index (χ3n) is 2.13. The number of rotatable bonds is 2. The smallest absolute Gasteiger partial charge is 0.307 e. The van der Waals surface area contributed by atoms with Crippen LogP contribution < -0.4 is 5.73 Å². The number of carbonyl (C=O) groups is 1. The molecule has 2 rings (SSSR count). The molecule has 0 aliphatic heterocycles. The minimum atomic E-state index is -0.840. The lowest BCUT2D eigenvalue weighted by molar-refractivity contribution is -0.136. The summed E-state index contributed by atoms with van der Waals surface area (Å²) in [4.78, 5) is 13.6. The molecule has 0 bridgehead atoms. The average Bonchev–Trinajstić information content (AvgIpc) is 2.47. The van der Waals surface area contributed by atoms with Gasteiger partial charge in [-0.2, -0.15) is 0 Å². The Morgan fingerprint density at radius 1 is 1.50 bits per heavy atom. The summed E-state index contributed by atoms with van der Waals surface area (Å²) in [5.74, 6) is -0.840. The summed E-state index contributed by atoms with van der Waals surface area (Å²) in [7, 11) is 0. The molecule has 0 aliphatic rings. The van der Waals surface area contributed by atoms with Crippen LogP contribution in [0.2, 0.25) is 0 Å². The van der Waals surface area contributed by atoms with Crippen molar-refractivity contribution < 1.29 is 9.90 Å². The zero-order chi connectivity index (χ0) is 10.1. The van der Waals surface area contributed by atoms with Crippen LogP contribution in [0, 0.1) is 0 Å². The second-order valence-corrected chi connectivity index (χ2v) is 3.19. The van der Waals surface area contributed by atoms with Crippen LogP contribution in [-0.4, -0.2) is 16.1 Å². The number of carboxylic acid groups (broad SMARTS) is 1. The molecule has 72 valence electrons. The third-order valence-corrected chi connectivity index (χ3v) is 2.13. The molecule has 14 heavy (non-hydrogen) atoms. The zero-order valence-electron chi connectivity index (χ0n) is 7.45. The van der Waals surface area contributed by atoms with Crippen LogP contribution in [0.4, 0.5) is 5.69 Å². The van der Waals surface area contributed by atoms with Crippen molar-refractivity contribution >= 4 is 22.6 Å². The van der Waals surface area contributed by atoms with Gasteiger partial charge in [0.1, 0.15) is 0 Å². The number of aromatic amines is 1. The topological polar surface area (TPSA) is 79.1 Å². The molecule has 0 amide bonds. The molecule has 1 heterocycles. The summed E-state index contributed by atoms with van der Waals surface area (Å²) in [6, 6.07) is 5.41. The first-order valence-electron chi connectivity index (χ1n) is 4.24. The molecule has 4 nitrogen and oxygen atoms in total. The summed E-state index contributed by atoms with van der Waals surface area (Å²) >= 11 is 0. The molecule has 1 aromatic heterocycles. The highest BCUT2D eigenvalue weighted by atomic mass is 16.4. The Labute approximate surface area is 80.3 Å². The first-order chi connectivity index (χ1) is 6.66. The van der Waals surface area contributed by atoms with E-state index in [0.29, 0.717) is 5.69 Å². The molecule has 2 aromatic rings. The maximum absolute atomic E-state index is 10.6. The van der Waals surface area contributed by atoms with Crippen molar-refractivity contribution in [2.75, 3.05) is 5.73 Å². The lowest BCUT2D eigenvalue weighted by Gasteiger charge is -1.96. The number of nitrogens with two attached hydrogens (primary N) is 1. The second kappa shape index (κ2) is 3.06. The van der Waals surface area contributed by atoms with E-state index in [1.165, 1.54) is 0 Å².